The minimum Gasteiger partial charge on any atom is -0.367 e. The van der Waals surface area contributed by atoms with Crippen LogP contribution in [0.2, 0.25) is 0 Å². The number of hydrogen-bond acceptors (Lipinski definition) is 5. The summed E-state index contributed by atoms with van der Waals surface area (Å²) in [7, 11) is 0. The van der Waals surface area contributed by atoms with E-state index in [1.807, 2.05) is 24.5 Å². The molecule has 2 aliphatic rings. The summed E-state index contributed by atoms with van der Waals surface area (Å²) in [6.07, 6.45) is 16.3. The molecule has 1 fully saturated rings. The molecule has 1 saturated carbocycles. The number of hydrogen-bond donors (Lipinski definition) is 4. The summed E-state index contributed by atoms with van der Waals surface area (Å²) in [5, 5.41) is 14.7. The minimum atomic E-state index is 0.537. The zero-order valence-electron chi connectivity index (χ0n) is 20.6. The van der Waals surface area contributed by atoms with Gasteiger partial charge >= 0.3 is 0 Å². The van der Waals surface area contributed by atoms with Crippen molar-refractivity contribution in [2.75, 3.05) is 17.2 Å². The topological polar surface area (TPSA) is 94.3 Å². The molecular formula is C29H31N7. The summed E-state index contributed by atoms with van der Waals surface area (Å²) in [6, 6.07) is 8.24. The van der Waals surface area contributed by atoms with E-state index in [4.69, 9.17) is 4.98 Å². The highest BCUT2D eigenvalue weighted by Crippen LogP contribution is 2.33. The monoisotopic (exact) mass is 477 g/mol. The van der Waals surface area contributed by atoms with Gasteiger partial charge in [-0.15, -0.1) is 0 Å². The number of allylic oxidation sites excluding steroid dienone is 3. The molecule has 0 amide bonds. The molecule has 0 aromatic carbocycles. The molecule has 6 rings (SSSR count). The first-order chi connectivity index (χ1) is 17.6. The molecule has 0 saturated heterocycles. The van der Waals surface area contributed by atoms with E-state index < -0.39 is 0 Å². The highest BCUT2D eigenvalue weighted by molar-refractivity contribution is 5.91. The molecule has 0 atom stereocenters. The molecule has 7 heteroatoms. The van der Waals surface area contributed by atoms with E-state index in [2.05, 4.69) is 74.7 Å². The number of fused-ring (bicyclic) bond motifs is 2. The Morgan fingerprint density at radius 2 is 2.00 bits per heavy atom. The maximum atomic E-state index is 4.99. The molecule has 4 N–H and O–H groups in total. The van der Waals surface area contributed by atoms with Gasteiger partial charge in [0.15, 0.2) is 0 Å². The van der Waals surface area contributed by atoms with E-state index in [1.54, 1.807) is 0 Å². The Labute approximate surface area is 210 Å². The zero-order chi connectivity index (χ0) is 24.5. The molecule has 0 bridgehead atoms. The van der Waals surface area contributed by atoms with Gasteiger partial charge < -0.3 is 15.6 Å². The molecule has 1 aliphatic heterocycles. The number of nitrogens with zero attached hydrogens (tertiary/aromatic N) is 3. The number of nitrogens with one attached hydrogen (secondary N) is 4. The van der Waals surface area contributed by atoms with Crippen LogP contribution in [-0.2, 0) is 0 Å². The summed E-state index contributed by atoms with van der Waals surface area (Å²) >= 11 is 0. The van der Waals surface area contributed by atoms with E-state index in [1.165, 1.54) is 37.7 Å². The van der Waals surface area contributed by atoms with Crippen LogP contribution in [0.5, 0.6) is 0 Å². The lowest BCUT2D eigenvalue weighted by molar-refractivity contribution is 0.405. The van der Waals surface area contributed by atoms with Gasteiger partial charge in [-0.2, -0.15) is 5.10 Å². The Kier molecular flexibility index (Phi) is 5.89. The number of aromatic amines is 2. The summed E-state index contributed by atoms with van der Waals surface area (Å²) in [6.45, 7) is 7.23. The molecule has 7 nitrogen and oxygen atoms in total. The van der Waals surface area contributed by atoms with Crippen molar-refractivity contribution in [1.82, 2.24) is 25.1 Å². The molecule has 36 heavy (non-hydrogen) atoms. The molecule has 5 heterocycles. The Morgan fingerprint density at radius 1 is 1.11 bits per heavy atom. The van der Waals surface area contributed by atoms with Crippen molar-refractivity contribution in [3.63, 3.8) is 0 Å². The highest BCUT2D eigenvalue weighted by Gasteiger charge is 2.18. The normalized spacial score (nSPS) is 18.4. The molecule has 1 aliphatic carbocycles. The Balaban J connectivity index is 1.29. The largest absolute Gasteiger partial charge is 0.367 e. The number of pyridine rings is 2. The van der Waals surface area contributed by atoms with E-state index in [9.17, 15) is 0 Å². The third kappa shape index (κ3) is 4.44. The lowest BCUT2D eigenvalue weighted by atomic mass is 9.87. The second-order valence-electron chi connectivity index (χ2n) is 9.85. The van der Waals surface area contributed by atoms with Crippen molar-refractivity contribution >= 4 is 28.6 Å². The van der Waals surface area contributed by atoms with Gasteiger partial charge in [0.1, 0.15) is 17.0 Å². The van der Waals surface area contributed by atoms with Gasteiger partial charge in [0.25, 0.3) is 0 Å². The fourth-order valence-corrected chi connectivity index (χ4v) is 5.11. The van der Waals surface area contributed by atoms with Crippen LogP contribution in [0.1, 0.15) is 44.6 Å². The second kappa shape index (κ2) is 9.49. The molecule has 0 unspecified atom stereocenters. The molecule has 4 aromatic heterocycles. The molecular weight excluding hydrogens is 446 g/mol. The van der Waals surface area contributed by atoms with Gasteiger partial charge in [-0.25, -0.2) is 4.98 Å². The lowest BCUT2D eigenvalue weighted by Crippen LogP contribution is -2.14. The standard InChI is InChI=1S/C29H31N7/c1-18-7-6-10-21-14-26(34-29(21)31-15-18)28-27-25(35-36-28)12-11-24(33-27)22-13-23(17-30-16-22)32-19(2)20-8-4-3-5-9-20/h6-7,10-14,16-17,20,31-32,34H,2-5,8-9,15H2,1H3,(H,35,36)/b10-6-,18-7-. The van der Waals surface area contributed by atoms with Crippen molar-refractivity contribution in [2.45, 2.75) is 39.0 Å². The summed E-state index contributed by atoms with van der Waals surface area (Å²) < 4.78 is 0. The van der Waals surface area contributed by atoms with E-state index in [0.717, 1.165) is 63.0 Å². The Bertz CT molecular complexity index is 1480. The molecule has 4 aromatic rings. The number of anilines is 2. The van der Waals surface area contributed by atoms with Gasteiger partial charge in [-0.1, -0.05) is 49.6 Å². The SMILES string of the molecule is C=C(Nc1cncc(-c2ccc3[nH]nc(-c4cc5c([nH]4)NC/C(C)=C\C=C/5)c3n2)c1)C1CCCCC1. The van der Waals surface area contributed by atoms with Crippen LogP contribution in [-0.4, -0.2) is 31.7 Å². The second-order valence-corrected chi connectivity index (χ2v) is 9.85. The average molecular weight is 478 g/mol. The Morgan fingerprint density at radius 3 is 2.89 bits per heavy atom. The van der Waals surface area contributed by atoms with Crippen molar-refractivity contribution in [1.29, 1.82) is 0 Å². The summed E-state index contributed by atoms with van der Waals surface area (Å²) in [4.78, 5) is 13.0. The first-order valence-corrected chi connectivity index (χ1v) is 12.7. The van der Waals surface area contributed by atoms with E-state index >= 15 is 0 Å². The van der Waals surface area contributed by atoms with Crippen molar-refractivity contribution in [3.05, 3.63) is 72.2 Å². The third-order valence-electron chi connectivity index (χ3n) is 7.15. The predicted molar refractivity (Wildman–Crippen MR) is 148 cm³/mol. The number of H-pyrrole nitrogens is 2. The maximum Gasteiger partial charge on any atom is 0.135 e. The molecule has 182 valence electrons. The lowest BCUT2D eigenvalue weighted by Gasteiger charge is -2.24. The van der Waals surface area contributed by atoms with Crippen LogP contribution in [0.3, 0.4) is 0 Å². The fraction of sp³-hybridized carbons (Fsp3) is 0.276. The molecule has 0 radical (unpaired) electrons. The van der Waals surface area contributed by atoms with Gasteiger partial charge in [-0.05, 0) is 49.9 Å². The van der Waals surface area contributed by atoms with Crippen molar-refractivity contribution < 1.29 is 0 Å². The van der Waals surface area contributed by atoms with Gasteiger partial charge in [-0.3, -0.25) is 10.1 Å². The first-order valence-electron chi connectivity index (χ1n) is 12.7. The van der Waals surface area contributed by atoms with Crippen LogP contribution >= 0.6 is 0 Å². The Hall–Kier alpha value is -4.13. The van der Waals surface area contributed by atoms with Gasteiger partial charge in [0, 0.05) is 29.6 Å². The van der Waals surface area contributed by atoms with Gasteiger partial charge in [0.2, 0.25) is 0 Å². The zero-order valence-corrected chi connectivity index (χ0v) is 20.6. The van der Waals surface area contributed by atoms with Crippen LogP contribution in [0, 0.1) is 5.92 Å². The first kappa shape index (κ1) is 22.3. The minimum absolute atomic E-state index is 0.537. The molecule has 0 spiro atoms. The van der Waals surface area contributed by atoms with E-state index in [-0.39, 0.29) is 0 Å². The van der Waals surface area contributed by atoms with Crippen molar-refractivity contribution in [3.8, 4) is 22.6 Å². The van der Waals surface area contributed by atoms with Crippen LogP contribution in [0.4, 0.5) is 11.5 Å². The van der Waals surface area contributed by atoms with Crippen LogP contribution in [0.25, 0.3) is 39.8 Å². The smallest absolute Gasteiger partial charge is 0.135 e. The van der Waals surface area contributed by atoms with E-state index in [0.29, 0.717) is 5.92 Å². The number of aromatic nitrogens is 5. The van der Waals surface area contributed by atoms with Crippen LogP contribution < -0.4 is 10.6 Å². The van der Waals surface area contributed by atoms with Crippen molar-refractivity contribution in [2.24, 2.45) is 5.92 Å². The average Bonchev–Trinajstić information content (AvgIpc) is 3.50. The quantitative estimate of drug-likeness (QED) is 0.251. The number of rotatable bonds is 5. The predicted octanol–water partition coefficient (Wildman–Crippen LogP) is 6.91. The fourth-order valence-electron chi connectivity index (χ4n) is 5.11. The highest BCUT2D eigenvalue weighted by atomic mass is 15.1. The third-order valence-corrected chi connectivity index (χ3v) is 7.15. The van der Waals surface area contributed by atoms with Crippen LogP contribution in [0.15, 0.2) is 66.7 Å². The summed E-state index contributed by atoms with van der Waals surface area (Å²) in [5.41, 5.74) is 9.65. The summed E-state index contributed by atoms with van der Waals surface area (Å²) in [5.74, 6) is 1.52. The maximum absolute atomic E-state index is 4.99. The van der Waals surface area contributed by atoms with Gasteiger partial charge in [0.05, 0.1) is 28.8 Å².